The minimum absolute atomic E-state index is 0.0693. The molecule has 0 saturated carbocycles. The van der Waals surface area contributed by atoms with Crippen molar-refractivity contribution in [2.75, 3.05) is 10.8 Å². The van der Waals surface area contributed by atoms with Crippen LogP contribution in [-0.4, -0.2) is 29.7 Å². The molecule has 176 valence electrons. The Hall–Kier alpha value is -3.65. The van der Waals surface area contributed by atoms with Gasteiger partial charge in [0.25, 0.3) is 15.6 Å². The highest BCUT2D eigenvalue weighted by atomic mass is 32.2. The van der Waals surface area contributed by atoms with Crippen LogP contribution in [0.1, 0.15) is 37.1 Å². The van der Waals surface area contributed by atoms with Crippen molar-refractivity contribution < 1.29 is 8.42 Å². The van der Waals surface area contributed by atoms with Crippen LogP contribution in [-0.2, 0) is 22.9 Å². The maximum absolute atomic E-state index is 13.3. The Morgan fingerprint density at radius 3 is 2.21 bits per heavy atom. The maximum atomic E-state index is 13.3. The second kappa shape index (κ2) is 10.1. The molecule has 7 nitrogen and oxygen atoms in total. The molecule has 0 fully saturated rings. The molecule has 2 aromatic heterocycles. The van der Waals surface area contributed by atoms with E-state index in [1.807, 2.05) is 36.4 Å². The van der Waals surface area contributed by atoms with E-state index in [-0.39, 0.29) is 17.0 Å². The van der Waals surface area contributed by atoms with Gasteiger partial charge in [0.15, 0.2) is 5.82 Å². The van der Waals surface area contributed by atoms with Crippen LogP contribution in [0.4, 0.5) is 5.69 Å². The molecular formula is C26H28N4O3S. The van der Waals surface area contributed by atoms with E-state index >= 15 is 0 Å². The molecule has 1 N–H and O–H groups in total. The summed E-state index contributed by atoms with van der Waals surface area (Å²) in [6, 6.07) is 21.9. The first-order valence-corrected chi connectivity index (χ1v) is 12.8. The number of anilines is 1. The Bertz CT molecular complexity index is 1390. The highest BCUT2D eigenvalue weighted by Crippen LogP contribution is 2.23. The molecule has 0 saturated heterocycles. The topological polar surface area (TPSA) is 88.1 Å². The summed E-state index contributed by atoms with van der Waals surface area (Å²) in [4.78, 5) is 17.7. The Labute approximate surface area is 199 Å². The van der Waals surface area contributed by atoms with Gasteiger partial charge in [-0.25, -0.2) is 18.1 Å². The van der Waals surface area contributed by atoms with E-state index in [2.05, 4.69) is 17.0 Å². The molecule has 4 rings (SSSR count). The van der Waals surface area contributed by atoms with E-state index in [9.17, 15) is 13.2 Å². The lowest BCUT2D eigenvalue weighted by Gasteiger charge is -2.22. The Kier molecular flexibility index (Phi) is 6.98. The number of nitrogens with one attached hydrogen (secondary N) is 1. The molecule has 0 unspecified atom stereocenters. The highest BCUT2D eigenvalue weighted by Gasteiger charge is 2.24. The molecule has 8 heteroatoms. The second-order valence-electron chi connectivity index (χ2n) is 7.98. The predicted octanol–water partition coefficient (Wildman–Crippen LogP) is 4.32. The summed E-state index contributed by atoms with van der Waals surface area (Å²) < 4.78 is 29.2. The van der Waals surface area contributed by atoms with Crippen LogP contribution in [0, 0.1) is 0 Å². The maximum Gasteiger partial charge on any atom is 0.276 e. The number of hydrogen-bond acceptors (Lipinski definition) is 4. The molecule has 0 aliphatic carbocycles. The van der Waals surface area contributed by atoms with Crippen molar-refractivity contribution in [3.05, 3.63) is 106 Å². The van der Waals surface area contributed by atoms with Crippen molar-refractivity contribution in [1.29, 1.82) is 0 Å². The molecule has 2 heterocycles. The summed E-state index contributed by atoms with van der Waals surface area (Å²) in [6.07, 6.45) is 3.45. The standard InChI is InChI=1S/C26H28N4O3S/c1-3-11-24-23(18-20-12-7-5-8-13-20)26(31)30(28-24)25-17-16-22(19-27-25)34(32,33)29(4-2)21-14-9-6-10-15-21/h5-10,12-17,19,28H,3-4,11,18H2,1-2H3. The normalized spacial score (nSPS) is 11.5. The van der Waals surface area contributed by atoms with Crippen molar-refractivity contribution >= 4 is 15.7 Å². The summed E-state index contributed by atoms with van der Waals surface area (Å²) in [7, 11) is -3.79. The van der Waals surface area contributed by atoms with Gasteiger partial charge in [-0.15, -0.1) is 0 Å². The van der Waals surface area contributed by atoms with Crippen molar-refractivity contribution in [3.8, 4) is 5.82 Å². The molecule has 0 bridgehead atoms. The minimum atomic E-state index is -3.79. The van der Waals surface area contributed by atoms with Crippen molar-refractivity contribution in [1.82, 2.24) is 14.8 Å². The SMILES string of the molecule is CCCc1[nH]n(-c2ccc(S(=O)(=O)N(CC)c3ccccc3)cn2)c(=O)c1Cc1ccccc1. The first-order valence-electron chi connectivity index (χ1n) is 11.4. The third kappa shape index (κ3) is 4.68. The largest absolute Gasteiger partial charge is 0.293 e. The van der Waals surface area contributed by atoms with E-state index in [0.717, 1.165) is 24.1 Å². The van der Waals surface area contributed by atoms with E-state index < -0.39 is 10.0 Å². The van der Waals surface area contributed by atoms with Crippen molar-refractivity contribution in [3.63, 3.8) is 0 Å². The zero-order valence-corrected chi connectivity index (χ0v) is 20.1. The molecule has 0 amide bonds. The number of aryl methyl sites for hydroxylation is 1. The predicted molar refractivity (Wildman–Crippen MR) is 134 cm³/mol. The molecule has 2 aromatic carbocycles. The zero-order valence-electron chi connectivity index (χ0n) is 19.3. The number of para-hydroxylation sites is 1. The molecule has 0 aliphatic heterocycles. The fourth-order valence-corrected chi connectivity index (χ4v) is 5.41. The molecule has 4 aromatic rings. The Morgan fingerprint density at radius 1 is 0.941 bits per heavy atom. The molecule has 0 spiro atoms. The fourth-order valence-electron chi connectivity index (χ4n) is 3.99. The van der Waals surface area contributed by atoms with Gasteiger partial charge in [-0.2, -0.15) is 0 Å². The quantitative estimate of drug-likeness (QED) is 0.390. The average molecular weight is 477 g/mol. The second-order valence-corrected chi connectivity index (χ2v) is 9.84. The van der Waals surface area contributed by atoms with Crippen LogP contribution in [0.25, 0.3) is 5.82 Å². The van der Waals surface area contributed by atoms with Crippen LogP contribution in [0.3, 0.4) is 0 Å². The first kappa shape index (κ1) is 23.5. The van der Waals surface area contributed by atoms with Crippen molar-refractivity contribution in [2.24, 2.45) is 0 Å². The molecule has 34 heavy (non-hydrogen) atoms. The smallest absolute Gasteiger partial charge is 0.276 e. The number of rotatable bonds is 9. The number of nitrogens with zero attached hydrogens (tertiary/aromatic N) is 3. The third-order valence-corrected chi connectivity index (χ3v) is 7.55. The summed E-state index contributed by atoms with van der Waals surface area (Å²) in [5, 5.41) is 3.19. The lowest BCUT2D eigenvalue weighted by molar-refractivity contribution is 0.591. The van der Waals surface area contributed by atoms with Gasteiger partial charge in [-0.3, -0.25) is 14.2 Å². The Balaban J connectivity index is 1.68. The number of aromatic amines is 1. The van der Waals surface area contributed by atoms with Gasteiger partial charge < -0.3 is 0 Å². The van der Waals surface area contributed by atoms with Crippen LogP contribution >= 0.6 is 0 Å². The molecular weight excluding hydrogens is 448 g/mol. The molecule has 0 atom stereocenters. The number of hydrogen-bond donors (Lipinski definition) is 1. The van der Waals surface area contributed by atoms with Crippen LogP contribution in [0.15, 0.2) is 88.7 Å². The minimum Gasteiger partial charge on any atom is -0.293 e. The Morgan fingerprint density at radius 2 is 1.62 bits per heavy atom. The first-order chi connectivity index (χ1) is 16.5. The summed E-state index contributed by atoms with van der Waals surface area (Å²) in [5.74, 6) is 0.350. The van der Waals surface area contributed by atoms with E-state index in [0.29, 0.717) is 23.5 Å². The van der Waals surface area contributed by atoms with E-state index in [1.54, 1.807) is 37.3 Å². The van der Waals surface area contributed by atoms with Gasteiger partial charge in [0.05, 0.1) is 5.69 Å². The van der Waals surface area contributed by atoms with Gasteiger partial charge >= 0.3 is 0 Å². The van der Waals surface area contributed by atoms with Gasteiger partial charge in [-0.1, -0.05) is 61.9 Å². The fraction of sp³-hybridized carbons (Fsp3) is 0.231. The van der Waals surface area contributed by atoms with Gasteiger partial charge in [0.2, 0.25) is 0 Å². The van der Waals surface area contributed by atoms with Gasteiger partial charge in [-0.05, 0) is 43.2 Å². The highest BCUT2D eigenvalue weighted by molar-refractivity contribution is 7.92. The summed E-state index contributed by atoms with van der Waals surface area (Å²) in [5.41, 5.74) is 3.04. The number of H-pyrrole nitrogens is 1. The monoisotopic (exact) mass is 476 g/mol. The van der Waals surface area contributed by atoms with E-state index in [4.69, 9.17) is 0 Å². The number of aromatic nitrogens is 3. The number of sulfonamides is 1. The van der Waals surface area contributed by atoms with Crippen LogP contribution < -0.4 is 9.86 Å². The van der Waals surface area contributed by atoms with Gasteiger partial charge in [0.1, 0.15) is 4.90 Å². The van der Waals surface area contributed by atoms with E-state index in [1.165, 1.54) is 21.3 Å². The number of pyridine rings is 1. The molecule has 0 aliphatic rings. The third-order valence-electron chi connectivity index (χ3n) is 5.67. The lowest BCUT2D eigenvalue weighted by atomic mass is 10.0. The molecule has 0 radical (unpaired) electrons. The van der Waals surface area contributed by atoms with Gasteiger partial charge in [0, 0.05) is 30.4 Å². The zero-order chi connectivity index (χ0) is 24.1. The summed E-state index contributed by atoms with van der Waals surface area (Å²) in [6.45, 7) is 4.13. The average Bonchev–Trinajstić information content (AvgIpc) is 3.16. The van der Waals surface area contributed by atoms with Crippen LogP contribution in [0.2, 0.25) is 0 Å². The van der Waals surface area contributed by atoms with Crippen LogP contribution in [0.5, 0.6) is 0 Å². The van der Waals surface area contributed by atoms with Crippen molar-refractivity contribution in [2.45, 2.75) is 38.0 Å². The number of benzene rings is 2. The lowest BCUT2D eigenvalue weighted by Crippen LogP contribution is -2.30. The summed E-state index contributed by atoms with van der Waals surface area (Å²) >= 11 is 0.